The van der Waals surface area contributed by atoms with Gasteiger partial charge in [-0.2, -0.15) is 15.0 Å². The molecule has 0 aliphatic heterocycles. The van der Waals surface area contributed by atoms with Gasteiger partial charge >= 0.3 is 6.01 Å². The first-order valence-corrected chi connectivity index (χ1v) is 6.61. The lowest BCUT2D eigenvalue weighted by Gasteiger charge is -2.11. The molecule has 112 valence electrons. The topological polar surface area (TPSA) is 59.9 Å². The highest BCUT2D eigenvalue weighted by molar-refractivity contribution is 5.56. The fourth-order valence-electron chi connectivity index (χ4n) is 1.67. The summed E-state index contributed by atoms with van der Waals surface area (Å²) in [4.78, 5) is 12.3. The molecule has 0 radical (unpaired) electrons. The average molecular weight is 294 g/mol. The third kappa shape index (κ3) is 4.08. The molecule has 0 saturated heterocycles. The van der Waals surface area contributed by atoms with Crippen molar-refractivity contribution < 1.29 is 13.5 Å². The highest BCUT2D eigenvalue weighted by Crippen LogP contribution is 2.21. The van der Waals surface area contributed by atoms with Gasteiger partial charge in [0.15, 0.2) is 5.82 Å². The molecule has 7 heteroatoms. The Kier molecular flexibility index (Phi) is 4.62. The van der Waals surface area contributed by atoms with Crippen LogP contribution in [0, 0.1) is 11.6 Å². The lowest BCUT2D eigenvalue weighted by Crippen LogP contribution is -2.12. The third-order valence-corrected chi connectivity index (χ3v) is 2.41. The summed E-state index contributed by atoms with van der Waals surface area (Å²) in [6.45, 7) is 6.15. The number of nitrogens with zero attached hydrogens (tertiary/aromatic N) is 3. The quantitative estimate of drug-likeness (QED) is 0.918. The normalized spacial score (nSPS) is 10.8. The summed E-state index contributed by atoms with van der Waals surface area (Å²) in [6.07, 6.45) is -0.126. The lowest BCUT2D eigenvalue weighted by atomic mass is 10.2. The van der Waals surface area contributed by atoms with E-state index in [4.69, 9.17) is 4.74 Å². The van der Waals surface area contributed by atoms with E-state index >= 15 is 0 Å². The molecule has 2 aromatic rings. The molecule has 1 aromatic heterocycles. The molecular formula is C14H16F2N4O. The predicted molar refractivity (Wildman–Crippen MR) is 75.1 cm³/mol. The van der Waals surface area contributed by atoms with Crippen LogP contribution in [0.1, 0.15) is 20.8 Å². The summed E-state index contributed by atoms with van der Waals surface area (Å²) in [5.41, 5.74) is 0.225. The fourth-order valence-corrected chi connectivity index (χ4v) is 1.67. The van der Waals surface area contributed by atoms with E-state index in [0.717, 1.165) is 18.2 Å². The Bertz CT molecular complexity index is 614. The van der Waals surface area contributed by atoms with E-state index in [2.05, 4.69) is 20.3 Å². The molecule has 21 heavy (non-hydrogen) atoms. The van der Waals surface area contributed by atoms with Crippen LogP contribution in [0.5, 0.6) is 6.01 Å². The van der Waals surface area contributed by atoms with E-state index in [1.165, 1.54) is 0 Å². The molecule has 0 saturated carbocycles. The van der Waals surface area contributed by atoms with Crippen LogP contribution in [0.2, 0.25) is 0 Å². The van der Waals surface area contributed by atoms with E-state index in [1.54, 1.807) is 0 Å². The predicted octanol–water partition coefficient (Wildman–Crippen LogP) is 3.04. The molecule has 0 aliphatic carbocycles. The van der Waals surface area contributed by atoms with Crippen molar-refractivity contribution in [3.05, 3.63) is 29.8 Å². The van der Waals surface area contributed by atoms with Crippen LogP contribution < -0.4 is 10.1 Å². The second-order valence-electron chi connectivity index (χ2n) is 4.62. The van der Waals surface area contributed by atoms with Crippen molar-refractivity contribution in [3.63, 3.8) is 0 Å². The van der Waals surface area contributed by atoms with Crippen LogP contribution in [-0.2, 0) is 0 Å². The Morgan fingerprint density at radius 2 is 1.76 bits per heavy atom. The monoisotopic (exact) mass is 294 g/mol. The highest BCUT2D eigenvalue weighted by atomic mass is 19.1. The summed E-state index contributed by atoms with van der Waals surface area (Å²) in [6, 6.07) is 3.22. The molecule has 1 aromatic carbocycles. The Labute approximate surface area is 121 Å². The van der Waals surface area contributed by atoms with Crippen LogP contribution in [0.25, 0.3) is 11.4 Å². The summed E-state index contributed by atoms with van der Waals surface area (Å²) >= 11 is 0. The van der Waals surface area contributed by atoms with E-state index < -0.39 is 11.6 Å². The molecule has 1 N–H and O–H groups in total. The van der Waals surface area contributed by atoms with E-state index in [-0.39, 0.29) is 23.5 Å². The first-order chi connectivity index (χ1) is 9.97. The maximum absolute atomic E-state index is 13.3. The molecule has 0 fully saturated rings. The van der Waals surface area contributed by atoms with Crippen LogP contribution in [0.4, 0.5) is 14.7 Å². The van der Waals surface area contributed by atoms with Gasteiger partial charge in [0.1, 0.15) is 11.6 Å². The van der Waals surface area contributed by atoms with Crippen molar-refractivity contribution in [2.45, 2.75) is 26.9 Å². The standard InChI is InChI=1S/C14H16F2N4O/c1-4-17-13-18-12(19-14(20-13)21-8(2)3)9-5-10(15)7-11(16)6-9/h5-8H,4H2,1-3H3,(H,17,18,19,20). The van der Waals surface area contributed by atoms with Gasteiger partial charge in [0.2, 0.25) is 5.95 Å². The lowest BCUT2D eigenvalue weighted by molar-refractivity contribution is 0.222. The largest absolute Gasteiger partial charge is 0.461 e. The molecule has 2 rings (SSSR count). The highest BCUT2D eigenvalue weighted by Gasteiger charge is 2.12. The Morgan fingerprint density at radius 3 is 2.33 bits per heavy atom. The molecule has 0 amide bonds. The molecule has 0 atom stereocenters. The van der Waals surface area contributed by atoms with Gasteiger partial charge in [-0.15, -0.1) is 0 Å². The SMILES string of the molecule is CCNc1nc(OC(C)C)nc(-c2cc(F)cc(F)c2)n1. The van der Waals surface area contributed by atoms with Gasteiger partial charge < -0.3 is 10.1 Å². The number of anilines is 1. The summed E-state index contributed by atoms with van der Waals surface area (Å²) < 4.78 is 32.1. The number of rotatable bonds is 5. The zero-order chi connectivity index (χ0) is 15.4. The van der Waals surface area contributed by atoms with E-state index in [9.17, 15) is 8.78 Å². The van der Waals surface area contributed by atoms with Gasteiger partial charge in [0.05, 0.1) is 6.10 Å². The van der Waals surface area contributed by atoms with Crippen molar-refractivity contribution in [2.24, 2.45) is 0 Å². The van der Waals surface area contributed by atoms with Gasteiger partial charge in [-0.1, -0.05) is 0 Å². The zero-order valence-electron chi connectivity index (χ0n) is 12.0. The van der Waals surface area contributed by atoms with Crippen LogP contribution in [0.3, 0.4) is 0 Å². The number of hydrogen-bond acceptors (Lipinski definition) is 5. The number of halogens is 2. The maximum Gasteiger partial charge on any atom is 0.322 e. The minimum Gasteiger partial charge on any atom is -0.461 e. The number of hydrogen-bond donors (Lipinski definition) is 1. The van der Waals surface area contributed by atoms with E-state index in [0.29, 0.717) is 12.5 Å². The molecular weight excluding hydrogens is 278 g/mol. The number of nitrogens with one attached hydrogen (secondary N) is 1. The van der Waals surface area contributed by atoms with Gasteiger partial charge in [0.25, 0.3) is 0 Å². The molecule has 0 spiro atoms. The first kappa shape index (κ1) is 15.1. The van der Waals surface area contributed by atoms with Crippen LogP contribution in [0.15, 0.2) is 18.2 Å². The van der Waals surface area contributed by atoms with Gasteiger partial charge in [-0.25, -0.2) is 8.78 Å². The molecule has 0 aliphatic rings. The molecule has 1 heterocycles. The summed E-state index contributed by atoms with van der Waals surface area (Å²) in [7, 11) is 0. The second kappa shape index (κ2) is 6.43. The molecule has 0 unspecified atom stereocenters. The zero-order valence-corrected chi connectivity index (χ0v) is 12.0. The Balaban J connectivity index is 2.47. The number of ether oxygens (including phenoxy) is 1. The minimum atomic E-state index is -0.693. The summed E-state index contributed by atoms with van der Waals surface area (Å²) in [5.74, 6) is -0.943. The van der Waals surface area contributed by atoms with Crippen LogP contribution >= 0.6 is 0 Å². The second-order valence-corrected chi connectivity index (χ2v) is 4.62. The van der Waals surface area contributed by atoms with Crippen molar-refractivity contribution in [2.75, 3.05) is 11.9 Å². The molecule has 0 bridgehead atoms. The number of benzene rings is 1. The van der Waals surface area contributed by atoms with Crippen LogP contribution in [-0.4, -0.2) is 27.6 Å². The van der Waals surface area contributed by atoms with Crippen molar-refractivity contribution >= 4 is 5.95 Å². The van der Waals surface area contributed by atoms with Gasteiger partial charge in [0, 0.05) is 18.2 Å². The average Bonchev–Trinajstić information content (AvgIpc) is 2.36. The van der Waals surface area contributed by atoms with Gasteiger partial charge in [-0.05, 0) is 32.9 Å². The fraction of sp³-hybridized carbons (Fsp3) is 0.357. The van der Waals surface area contributed by atoms with Crippen molar-refractivity contribution in [3.8, 4) is 17.4 Å². The first-order valence-electron chi connectivity index (χ1n) is 6.61. The smallest absolute Gasteiger partial charge is 0.322 e. The van der Waals surface area contributed by atoms with E-state index in [1.807, 2.05) is 20.8 Å². The Hall–Kier alpha value is -2.31. The minimum absolute atomic E-state index is 0.107. The maximum atomic E-state index is 13.3. The third-order valence-electron chi connectivity index (χ3n) is 2.41. The van der Waals surface area contributed by atoms with Gasteiger partial charge in [-0.3, -0.25) is 0 Å². The van der Waals surface area contributed by atoms with Crippen molar-refractivity contribution in [1.29, 1.82) is 0 Å². The number of aromatic nitrogens is 3. The molecule has 5 nitrogen and oxygen atoms in total. The Morgan fingerprint density at radius 1 is 1.10 bits per heavy atom. The summed E-state index contributed by atoms with van der Waals surface area (Å²) in [5, 5.41) is 2.93. The van der Waals surface area contributed by atoms with Crippen molar-refractivity contribution in [1.82, 2.24) is 15.0 Å².